The van der Waals surface area contributed by atoms with Crippen LogP contribution in [0, 0.1) is 5.41 Å². The van der Waals surface area contributed by atoms with Crippen LogP contribution in [0.25, 0.3) is 0 Å². The molecular weight excluding hydrogens is 214 g/mol. The molecule has 2 aliphatic rings. The van der Waals surface area contributed by atoms with Crippen LogP contribution < -0.4 is 5.32 Å². The summed E-state index contributed by atoms with van der Waals surface area (Å²) in [4.78, 5) is 12.7. The van der Waals surface area contributed by atoms with Crippen molar-refractivity contribution in [1.82, 2.24) is 10.2 Å². The topological polar surface area (TPSA) is 32.3 Å². The third kappa shape index (κ3) is 1.38. The average molecular weight is 230 g/mol. The Morgan fingerprint density at radius 2 is 2.19 bits per heavy atom. The number of halogens is 2. The molecule has 0 aromatic rings. The van der Waals surface area contributed by atoms with Crippen molar-refractivity contribution >= 4 is 5.91 Å². The molecule has 0 saturated carbocycles. The number of carbonyl (C=O) groups is 1. The van der Waals surface area contributed by atoms with Gasteiger partial charge in [0.25, 0.3) is 5.92 Å². The summed E-state index contributed by atoms with van der Waals surface area (Å²) in [6, 6.07) is -0.817. The van der Waals surface area contributed by atoms with Gasteiger partial charge in [0.1, 0.15) is 0 Å². The molecule has 2 heterocycles. The second kappa shape index (κ2) is 3.52. The predicted octanol–water partition coefficient (Wildman–Crippen LogP) is 1.02. The number of hydrogen-bond donors (Lipinski definition) is 1. The first kappa shape index (κ1) is 11.5. The monoisotopic (exact) mass is 230 g/mol. The lowest BCUT2D eigenvalue weighted by Gasteiger charge is -2.57. The normalized spacial score (nSPS) is 30.9. The van der Waals surface area contributed by atoms with Crippen molar-refractivity contribution in [2.75, 3.05) is 19.6 Å². The van der Waals surface area contributed by atoms with E-state index in [0.717, 1.165) is 0 Å². The Hall–Kier alpha value is -0.970. The minimum atomic E-state index is -2.75. The summed E-state index contributed by atoms with van der Waals surface area (Å²) in [5, 5.41) is 2.78. The lowest BCUT2D eigenvalue weighted by molar-refractivity contribution is -0.219. The van der Waals surface area contributed by atoms with Crippen LogP contribution in [0.2, 0.25) is 0 Å². The van der Waals surface area contributed by atoms with E-state index in [2.05, 4.69) is 11.9 Å². The largest absolute Gasteiger partial charge is 0.337 e. The molecule has 0 bridgehead atoms. The number of nitrogens with zero attached hydrogens (tertiary/aromatic N) is 1. The van der Waals surface area contributed by atoms with Crippen molar-refractivity contribution in [2.45, 2.75) is 25.3 Å². The van der Waals surface area contributed by atoms with Crippen LogP contribution in [0.4, 0.5) is 8.78 Å². The maximum Gasteiger partial charge on any atom is 0.271 e. The van der Waals surface area contributed by atoms with Gasteiger partial charge in [-0.05, 0) is 26.0 Å². The lowest BCUT2D eigenvalue weighted by atomic mass is 9.67. The van der Waals surface area contributed by atoms with E-state index in [-0.39, 0.29) is 19.0 Å². The van der Waals surface area contributed by atoms with Gasteiger partial charge in [0.2, 0.25) is 5.91 Å². The van der Waals surface area contributed by atoms with E-state index in [9.17, 15) is 13.6 Å². The van der Waals surface area contributed by atoms with Gasteiger partial charge in [-0.25, -0.2) is 8.78 Å². The van der Waals surface area contributed by atoms with Gasteiger partial charge in [-0.3, -0.25) is 4.79 Å². The standard InChI is InChI=1S/C11H16F2N2O/c1-3-9(16)15-6-10(7-15)4-5-14-8(2)11(10,12)13/h3,8,14H,1,4-7H2,2H3/t8-/m1/s1. The maximum atomic E-state index is 14.0. The molecule has 0 unspecified atom stereocenters. The molecule has 2 fully saturated rings. The molecule has 0 aliphatic carbocycles. The van der Waals surface area contributed by atoms with E-state index in [4.69, 9.17) is 0 Å². The molecule has 1 N–H and O–H groups in total. The zero-order valence-electron chi connectivity index (χ0n) is 9.30. The van der Waals surface area contributed by atoms with Crippen LogP contribution in [-0.4, -0.2) is 42.4 Å². The zero-order chi connectivity index (χ0) is 12.0. The van der Waals surface area contributed by atoms with Crippen molar-refractivity contribution in [3.05, 3.63) is 12.7 Å². The van der Waals surface area contributed by atoms with Crippen LogP contribution in [0.15, 0.2) is 12.7 Å². The summed E-state index contributed by atoms with van der Waals surface area (Å²) in [6.45, 7) is 5.75. The zero-order valence-corrected chi connectivity index (χ0v) is 9.30. The molecule has 0 aromatic carbocycles. The number of likely N-dealkylation sites (tertiary alicyclic amines) is 1. The molecule has 1 atom stereocenters. The molecule has 2 aliphatic heterocycles. The number of amides is 1. The molecule has 1 spiro atoms. The Kier molecular flexibility index (Phi) is 2.53. The molecule has 3 nitrogen and oxygen atoms in total. The van der Waals surface area contributed by atoms with Gasteiger partial charge in [0.15, 0.2) is 0 Å². The van der Waals surface area contributed by atoms with Gasteiger partial charge in [-0.1, -0.05) is 6.58 Å². The first-order chi connectivity index (χ1) is 7.43. The number of piperidine rings is 1. The Bertz CT molecular complexity index is 324. The third-order valence-corrected chi connectivity index (χ3v) is 3.78. The van der Waals surface area contributed by atoms with Crippen LogP contribution >= 0.6 is 0 Å². The number of alkyl halides is 2. The van der Waals surface area contributed by atoms with E-state index in [1.807, 2.05) is 0 Å². The highest BCUT2D eigenvalue weighted by atomic mass is 19.3. The van der Waals surface area contributed by atoms with Gasteiger partial charge < -0.3 is 10.2 Å². The molecule has 16 heavy (non-hydrogen) atoms. The fourth-order valence-corrected chi connectivity index (χ4v) is 2.62. The fourth-order valence-electron chi connectivity index (χ4n) is 2.62. The van der Waals surface area contributed by atoms with Crippen molar-refractivity contribution in [3.8, 4) is 0 Å². The van der Waals surface area contributed by atoms with Crippen LogP contribution in [-0.2, 0) is 4.79 Å². The van der Waals surface area contributed by atoms with Crippen molar-refractivity contribution in [1.29, 1.82) is 0 Å². The quantitative estimate of drug-likeness (QED) is 0.682. The molecular formula is C11H16F2N2O. The summed E-state index contributed by atoms with van der Waals surface area (Å²) >= 11 is 0. The molecule has 2 rings (SSSR count). The summed E-state index contributed by atoms with van der Waals surface area (Å²) in [5.74, 6) is -3.00. The molecule has 1 amide bonds. The second-order valence-electron chi connectivity index (χ2n) is 4.73. The van der Waals surface area contributed by atoms with Crippen LogP contribution in [0.3, 0.4) is 0 Å². The van der Waals surface area contributed by atoms with E-state index in [0.29, 0.717) is 13.0 Å². The highest BCUT2D eigenvalue weighted by Gasteiger charge is 2.64. The number of nitrogens with one attached hydrogen (secondary N) is 1. The summed E-state index contributed by atoms with van der Waals surface area (Å²) in [5.41, 5.74) is -1.02. The fraction of sp³-hybridized carbons (Fsp3) is 0.727. The predicted molar refractivity (Wildman–Crippen MR) is 56.2 cm³/mol. The smallest absolute Gasteiger partial charge is 0.271 e. The summed E-state index contributed by atoms with van der Waals surface area (Å²) in [6.07, 6.45) is 1.60. The molecule has 90 valence electrons. The van der Waals surface area contributed by atoms with E-state index in [1.54, 1.807) is 0 Å². The SMILES string of the molecule is C=CC(=O)N1CC2(CCN[C@H](C)C2(F)F)C1. The maximum absolute atomic E-state index is 14.0. The Labute approximate surface area is 93.5 Å². The van der Waals surface area contributed by atoms with Crippen LogP contribution in [0.1, 0.15) is 13.3 Å². The number of hydrogen-bond acceptors (Lipinski definition) is 2. The van der Waals surface area contributed by atoms with Crippen LogP contribution in [0.5, 0.6) is 0 Å². The van der Waals surface area contributed by atoms with Gasteiger partial charge >= 0.3 is 0 Å². The number of rotatable bonds is 1. The van der Waals surface area contributed by atoms with Gasteiger partial charge in [-0.15, -0.1) is 0 Å². The van der Waals surface area contributed by atoms with Crippen molar-refractivity contribution in [3.63, 3.8) is 0 Å². The lowest BCUT2D eigenvalue weighted by Crippen LogP contribution is -2.72. The molecule has 0 radical (unpaired) electrons. The first-order valence-electron chi connectivity index (χ1n) is 5.45. The Morgan fingerprint density at radius 1 is 1.56 bits per heavy atom. The molecule has 5 heteroatoms. The van der Waals surface area contributed by atoms with Crippen molar-refractivity contribution < 1.29 is 13.6 Å². The van der Waals surface area contributed by atoms with E-state index in [1.165, 1.54) is 17.9 Å². The summed E-state index contributed by atoms with van der Waals surface area (Å²) < 4.78 is 28.0. The Balaban J connectivity index is 2.11. The third-order valence-electron chi connectivity index (χ3n) is 3.78. The van der Waals surface area contributed by atoms with E-state index >= 15 is 0 Å². The first-order valence-corrected chi connectivity index (χ1v) is 5.45. The number of carbonyl (C=O) groups excluding carboxylic acids is 1. The highest BCUT2D eigenvalue weighted by Crippen LogP contribution is 2.50. The molecule has 0 aromatic heterocycles. The van der Waals surface area contributed by atoms with Gasteiger partial charge in [-0.2, -0.15) is 0 Å². The van der Waals surface area contributed by atoms with E-state index < -0.39 is 17.4 Å². The van der Waals surface area contributed by atoms with Gasteiger partial charge in [0, 0.05) is 13.1 Å². The minimum Gasteiger partial charge on any atom is -0.337 e. The average Bonchev–Trinajstić information content (AvgIpc) is 2.18. The highest BCUT2D eigenvalue weighted by molar-refractivity contribution is 5.87. The van der Waals surface area contributed by atoms with Gasteiger partial charge in [0.05, 0.1) is 11.5 Å². The van der Waals surface area contributed by atoms with Crippen molar-refractivity contribution in [2.24, 2.45) is 5.41 Å². The molecule has 2 saturated heterocycles. The Morgan fingerprint density at radius 3 is 2.75 bits per heavy atom. The summed E-state index contributed by atoms with van der Waals surface area (Å²) in [7, 11) is 0. The minimum absolute atomic E-state index is 0.150. The second-order valence-corrected chi connectivity index (χ2v) is 4.73.